The van der Waals surface area contributed by atoms with E-state index in [4.69, 9.17) is 16.1 Å². The third kappa shape index (κ3) is 4.50. The van der Waals surface area contributed by atoms with E-state index in [0.29, 0.717) is 10.7 Å². The van der Waals surface area contributed by atoms with Crippen molar-refractivity contribution in [2.24, 2.45) is 7.05 Å². The van der Waals surface area contributed by atoms with Crippen LogP contribution in [-0.4, -0.2) is 37.4 Å². The quantitative estimate of drug-likeness (QED) is 0.412. The van der Waals surface area contributed by atoms with E-state index < -0.39 is 17.1 Å². The minimum atomic E-state index is -0.710. The molecule has 0 bridgehead atoms. The molecule has 0 fully saturated rings. The van der Waals surface area contributed by atoms with Gasteiger partial charge in [-0.3, -0.25) is 14.2 Å². The number of hydrogen-bond acceptors (Lipinski definition) is 7. The molecular formula is C22H18ClFN6O4. The molecule has 1 amide bonds. The number of hydrogen-bond donors (Lipinski definition) is 0. The first-order chi connectivity index (χ1) is 16.3. The molecule has 0 saturated carbocycles. The Labute approximate surface area is 196 Å². The summed E-state index contributed by atoms with van der Waals surface area (Å²) in [6, 6.07) is 12.2. The van der Waals surface area contributed by atoms with Crippen LogP contribution in [-0.2, 0) is 18.3 Å². The monoisotopic (exact) mass is 484 g/mol. The standard InChI is InChI=1S/C22H18ClFN6O4/c1-28(16-6-4-3-5-15(16)24)18(31)12-11-17-25-20(27-34-17)19-21(32)29(2)22(33)30(26-19)14-9-7-13(23)8-10-14/h3-10H,11-12H2,1-2H3. The molecule has 0 unspecified atom stereocenters. The van der Waals surface area contributed by atoms with Crippen LogP contribution in [0.15, 0.2) is 62.6 Å². The van der Waals surface area contributed by atoms with E-state index in [1.807, 2.05) is 0 Å². The van der Waals surface area contributed by atoms with Crippen LogP contribution in [0.2, 0.25) is 5.02 Å². The molecule has 4 aromatic rings. The van der Waals surface area contributed by atoms with Crippen LogP contribution < -0.4 is 16.1 Å². The minimum absolute atomic E-state index is 0.0395. The van der Waals surface area contributed by atoms with Crippen molar-refractivity contribution >= 4 is 23.2 Å². The molecule has 0 aliphatic heterocycles. The summed E-state index contributed by atoms with van der Waals surface area (Å²) in [5, 5.41) is 8.37. The number of benzene rings is 2. The summed E-state index contributed by atoms with van der Waals surface area (Å²) in [5.74, 6) is -0.932. The first-order valence-corrected chi connectivity index (χ1v) is 10.4. The van der Waals surface area contributed by atoms with Gasteiger partial charge in [-0.05, 0) is 36.4 Å². The van der Waals surface area contributed by atoms with Gasteiger partial charge in [0.25, 0.3) is 5.56 Å². The van der Waals surface area contributed by atoms with E-state index in [9.17, 15) is 18.8 Å². The SMILES string of the molecule is CN(C(=O)CCc1nc(-c2nn(-c3ccc(Cl)cc3)c(=O)n(C)c2=O)no1)c1ccccc1F. The molecule has 0 saturated heterocycles. The zero-order valence-corrected chi connectivity index (χ0v) is 18.9. The van der Waals surface area contributed by atoms with Gasteiger partial charge in [-0.2, -0.15) is 14.8 Å². The first kappa shape index (κ1) is 23.1. The lowest BCUT2D eigenvalue weighted by atomic mass is 10.2. The number of carbonyl (C=O) groups excluding carboxylic acids is 1. The predicted octanol–water partition coefficient (Wildman–Crippen LogP) is 2.37. The Kier molecular flexibility index (Phi) is 6.37. The van der Waals surface area contributed by atoms with Crippen molar-refractivity contribution in [3.05, 3.63) is 86.1 Å². The van der Waals surface area contributed by atoms with Gasteiger partial charge in [-0.1, -0.05) is 28.9 Å². The number of halogens is 2. The van der Waals surface area contributed by atoms with Crippen LogP contribution >= 0.6 is 11.6 Å². The number of aromatic nitrogens is 5. The molecule has 0 N–H and O–H groups in total. The van der Waals surface area contributed by atoms with E-state index in [2.05, 4.69) is 15.2 Å². The summed E-state index contributed by atoms with van der Waals surface area (Å²) in [6.07, 6.45) is 0.0178. The summed E-state index contributed by atoms with van der Waals surface area (Å²) < 4.78 is 21.0. The number of nitrogens with zero attached hydrogens (tertiary/aromatic N) is 6. The molecule has 34 heavy (non-hydrogen) atoms. The van der Waals surface area contributed by atoms with Crippen molar-refractivity contribution in [1.82, 2.24) is 24.5 Å². The van der Waals surface area contributed by atoms with Gasteiger partial charge in [0.2, 0.25) is 17.6 Å². The maximum atomic E-state index is 13.9. The van der Waals surface area contributed by atoms with Crippen molar-refractivity contribution in [3.8, 4) is 17.2 Å². The highest BCUT2D eigenvalue weighted by atomic mass is 35.5. The third-order valence-electron chi connectivity index (χ3n) is 5.07. The van der Waals surface area contributed by atoms with Gasteiger partial charge in [0.15, 0.2) is 5.69 Å². The first-order valence-electron chi connectivity index (χ1n) is 10.1. The summed E-state index contributed by atoms with van der Waals surface area (Å²) in [5.41, 5.74) is -1.05. The van der Waals surface area contributed by atoms with Crippen LogP contribution in [0.1, 0.15) is 12.3 Å². The van der Waals surface area contributed by atoms with Gasteiger partial charge in [0, 0.05) is 32.0 Å². The van der Waals surface area contributed by atoms with Gasteiger partial charge >= 0.3 is 5.69 Å². The highest BCUT2D eigenvalue weighted by Crippen LogP contribution is 2.19. The van der Waals surface area contributed by atoms with Crippen LogP contribution in [0.4, 0.5) is 10.1 Å². The maximum Gasteiger partial charge on any atom is 0.351 e. The van der Waals surface area contributed by atoms with Gasteiger partial charge in [-0.25, -0.2) is 9.18 Å². The summed E-state index contributed by atoms with van der Waals surface area (Å²) in [4.78, 5) is 43.0. The number of rotatable bonds is 6. The molecule has 0 spiro atoms. The second kappa shape index (κ2) is 9.40. The van der Waals surface area contributed by atoms with Gasteiger partial charge in [0.1, 0.15) is 5.82 Å². The third-order valence-corrected chi connectivity index (χ3v) is 5.32. The van der Waals surface area contributed by atoms with Crippen molar-refractivity contribution < 1.29 is 13.7 Å². The van der Waals surface area contributed by atoms with E-state index >= 15 is 0 Å². The smallest absolute Gasteiger partial charge is 0.339 e. The van der Waals surface area contributed by atoms with Crippen LogP contribution in [0, 0.1) is 5.82 Å². The van der Waals surface area contributed by atoms with Crippen molar-refractivity contribution in [3.63, 3.8) is 0 Å². The van der Waals surface area contributed by atoms with Crippen molar-refractivity contribution in [1.29, 1.82) is 0 Å². The average Bonchev–Trinajstić information content (AvgIpc) is 3.30. The van der Waals surface area contributed by atoms with E-state index in [0.717, 1.165) is 9.25 Å². The number of aryl methyl sites for hydroxylation is 1. The predicted molar refractivity (Wildman–Crippen MR) is 122 cm³/mol. The summed E-state index contributed by atoms with van der Waals surface area (Å²) in [6.45, 7) is 0. The summed E-state index contributed by atoms with van der Waals surface area (Å²) >= 11 is 5.90. The topological polar surface area (TPSA) is 116 Å². The fraction of sp³-hybridized carbons (Fsp3) is 0.182. The zero-order chi connectivity index (χ0) is 24.4. The van der Waals surface area contributed by atoms with Crippen molar-refractivity contribution in [2.75, 3.05) is 11.9 Å². The average molecular weight is 485 g/mol. The molecular weight excluding hydrogens is 467 g/mol. The van der Waals surface area contributed by atoms with Crippen LogP contribution in [0.25, 0.3) is 17.2 Å². The number of amides is 1. The Morgan fingerprint density at radius 2 is 1.85 bits per heavy atom. The Bertz CT molecular complexity index is 1480. The number of para-hydroxylation sites is 1. The second-order valence-electron chi connectivity index (χ2n) is 7.30. The maximum absolute atomic E-state index is 13.9. The molecule has 174 valence electrons. The molecule has 0 aliphatic carbocycles. The Morgan fingerprint density at radius 1 is 1.15 bits per heavy atom. The van der Waals surface area contributed by atoms with Crippen LogP contribution in [0.3, 0.4) is 0 Å². The highest BCUT2D eigenvalue weighted by Gasteiger charge is 2.20. The normalized spacial score (nSPS) is 10.9. The fourth-order valence-electron chi connectivity index (χ4n) is 3.16. The fourth-order valence-corrected chi connectivity index (χ4v) is 3.28. The molecule has 10 nitrogen and oxygen atoms in total. The molecule has 2 aromatic carbocycles. The lowest BCUT2D eigenvalue weighted by Gasteiger charge is -2.17. The van der Waals surface area contributed by atoms with E-state index in [1.54, 1.807) is 30.3 Å². The molecule has 4 rings (SSSR count). The van der Waals surface area contributed by atoms with Gasteiger partial charge in [-0.15, -0.1) is 0 Å². The molecule has 0 atom stereocenters. The Morgan fingerprint density at radius 3 is 2.56 bits per heavy atom. The summed E-state index contributed by atoms with van der Waals surface area (Å²) in [7, 11) is 2.77. The second-order valence-corrected chi connectivity index (χ2v) is 7.74. The van der Waals surface area contributed by atoms with E-state index in [-0.39, 0.29) is 41.8 Å². The van der Waals surface area contributed by atoms with Gasteiger partial charge in [0.05, 0.1) is 11.4 Å². The molecule has 0 radical (unpaired) electrons. The molecule has 2 aromatic heterocycles. The lowest BCUT2D eigenvalue weighted by Crippen LogP contribution is -2.40. The van der Waals surface area contributed by atoms with E-state index in [1.165, 1.54) is 37.2 Å². The highest BCUT2D eigenvalue weighted by molar-refractivity contribution is 6.30. The Hall–Kier alpha value is -4.12. The Balaban J connectivity index is 1.57. The lowest BCUT2D eigenvalue weighted by molar-refractivity contribution is -0.118. The minimum Gasteiger partial charge on any atom is -0.339 e. The molecule has 12 heteroatoms. The molecule has 0 aliphatic rings. The zero-order valence-electron chi connectivity index (χ0n) is 18.1. The number of carbonyl (C=O) groups is 1. The van der Waals surface area contributed by atoms with Gasteiger partial charge < -0.3 is 9.42 Å². The molecule has 2 heterocycles. The largest absolute Gasteiger partial charge is 0.351 e. The van der Waals surface area contributed by atoms with Crippen molar-refractivity contribution in [2.45, 2.75) is 12.8 Å². The van der Waals surface area contributed by atoms with Crippen LogP contribution in [0.5, 0.6) is 0 Å². The number of anilines is 1.